The van der Waals surface area contributed by atoms with Gasteiger partial charge < -0.3 is 10.2 Å². The minimum atomic E-state index is -4.70. The number of hydrogen-bond donors (Lipinski definition) is 1. The van der Waals surface area contributed by atoms with Crippen molar-refractivity contribution in [2.75, 3.05) is 19.7 Å². The molecule has 120 valence electrons. The molecular formula is C13H19F3N2O3. The Balaban J connectivity index is 2.03. The molecule has 1 aliphatic heterocycles. The van der Waals surface area contributed by atoms with Crippen molar-refractivity contribution in [2.45, 2.75) is 50.4 Å². The van der Waals surface area contributed by atoms with Crippen LogP contribution in [0.5, 0.6) is 0 Å². The second-order valence-electron chi connectivity index (χ2n) is 5.53. The van der Waals surface area contributed by atoms with Gasteiger partial charge in [-0.3, -0.25) is 14.3 Å². The fraction of sp³-hybridized carbons (Fsp3) is 0.846. The maximum atomic E-state index is 12.6. The first-order chi connectivity index (χ1) is 9.82. The van der Waals surface area contributed by atoms with Gasteiger partial charge in [0.1, 0.15) is 5.54 Å². The molecule has 1 N–H and O–H groups in total. The first-order valence-corrected chi connectivity index (χ1v) is 7.13. The second-order valence-corrected chi connectivity index (χ2v) is 5.53. The van der Waals surface area contributed by atoms with Gasteiger partial charge in [-0.1, -0.05) is 19.3 Å². The predicted molar refractivity (Wildman–Crippen MR) is 67.2 cm³/mol. The van der Waals surface area contributed by atoms with E-state index in [-0.39, 0.29) is 31.3 Å². The van der Waals surface area contributed by atoms with Gasteiger partial charge in [-0.2, -0.15) is 0 Å². The summed E-state index contributed by atoms with van der Waals surface area (Å²) < 4.78 is 39.7. The van der Waals surface area contributed by atoms with Gasteiger partial charge in [-0.15, -0.1) is 13.2 Å². The fourth-order valence-corrected chi connectivity index (χ4v) is 3.00. The molecular weight excluding hydrogens is 289 g/mol. The minimum Gasteiger partial charge on any atom is -0.342 e. The topological polar surface area (TPSA) is 58.6 Å². The zero-order valence-corrected chi connectivity index (χ0v) is 11.7. The third kappa shape index (κ3) is 4.09. The number of carbonyl (C=O) groups is 2. The van der Waals surface area contributed by atoms with E-state index < -0.39 is 18.5 Å². The van der Waals surface area contributed by atoms with E-state index in [0.29, 0.717) is 12.8 Å². The van der Waals surface area contributed by atoms with E-state index in [2.05, 4.69) is 10.1 Å². The molecule has 2 rings (SSSR count). The molecule has 21 heavy (non-hydrogen) atoms. The summed E-state index contributed by atoms with van der Waals surface area (Å²) in [7, 11) is 0. The molecule has 2 fully saturated rings. The van der Waals surface area contributed by atoms with Crippen molar-refractivity contribution in [1.29, 1.82) is 0 Å². The van der Waals surface area contributed by atoms with Gasteiger partial charge in [0.15, 0.2) is 0 Å². The molecule has 1 spiro atoms. The van der Waals surface area contributed by atoms with Gasteiger partial charge in [0.25, 0.3) is 0 Å². The van der Waals surface area contributed by atoms with Crippen molar-refractivity contribution < 1.29 is 27.5 Å². The number of hydrogen-bond acceptors (Lipinski definition) is 3. The Bertz CT molecular complexity index is 406. The maximum Gasteiger partial charge on any atom is 0.522 e. The number of nitrogens with zero attached hydrogens (tertiary/aromatic N) is 1. The van der Waals surface area contributed by atoms with E-state index in [1.54, 1.807) is 0 Å². The van der Waals surface area contributed by atoms with E-state index in [9.17, 15) is 22.8 Å². The molecule has 1 aliphatic carbocycles. The van der Waals surface area contributed by atoms with Gasteiger partial charge in [-0.25, -0.2) is 0 Å². The van der Waals surface area contributed by atoms with Crippen LogP contribution < -0.4 is 5.32 Å². The quantitative estimate of drug-likeness (QED) is 0.861. The number of carbonyl (C=O) groups excluding carboxylic acids is 2. The highest BCUT2D eigenvalue weighted by Gasteiger charge is 2.45. The lowest BCUT2D eigenvalue weighted by Gasteiger charge is -2.38. The number of halogens is 3. The number of rotatable bonds is 3. The Morgan fingerprint density at radius 2 is 1.86 bits per heavy atom. The van der Waals surface area contributed by atoms with Crippen molar-refractivity contribution >= 4 is 11.8 Å². The first kappa shape index (κ1) is 16.1. The predicted octanol–water partition coefficient (Wildman–Crippen LogP) is 1.57. The van der Waals surface area contributed by atoms with Crippen molar-refractivity contribution in [3.8, 4) is 0 Å². The molecule has 0 aromatic rings. The monoisotopic (exact) mass is 308 g/mol. The van der Waals surface area contributed by atoms with Crippen LogP contribution in [0.2, 0.25) is 0 Å². The third-order valence-corrected chi connectivity index (χ3v) is 4.02. The number of nitrogens with one attached hydrogen (secondary N) is 1. The molecule has 0 unspecified atom stereocenters. The van der Waals surface area contributed by atoms with Crippen molar-refractivity contribution in [1.82, 2.24) is 10.2 Å². The Hall–Kier alpha value is -1.31. The molecule has 0 aromatic heterocycles. The maximum absolute atomic E-state index is 12.6. The third-order valence-electron chi connectivity index (χ3n) is 4.02. The average molecular weight is 308 g/mol. The summed E-state index contributed by atoms with van der Waals surface area (Å²) >= 11 is 0. The molecule has 2 amide bonds. The summed E-state index contributed by atoms with van der Waals surface area (Å²) in [6.07, 6.45) is -0.826. The van der Waals surface area contributed by atoms with Crippen LogP contribution in [-0.2, 0) is 14.3 Å². The zero-order valence-electron chi connectivity index (χ0n) is 11.7. The van der Waals surface area contributed by atoms with Crippen LogP contribution in [0.15, 0.2) is 0 Å². The Labute approximate surface area is 120 Å². The summed E-state index contributed by atoms with van der Waals surface area (Å²) in [6, 6.07) is 0. The number of alkyl halides is 3. The molecule has 1 saturated carbocycles. The summed E-state index contributed by atoms with van der Waals surface area (Å²) in [5.41, 5.74) is -0.927. The van der Waals surface area contributed by atoms with Crippen molar-refractivity contribution in [3.63, 3.8) is 0 Å². The van der Waals surface area contributed by atoms with Gasteiger partial charge in [0.2, 0.25) is 11.8 Å². The molecule has 0 atom stereocenters. The van der Waals surface area contributed by atoms with E-state index >= 15 is 0 Å². The van der Waals surface area contributed by atoms with Gasteiger partial charge in [0.05, 0.1) is 6.61 Å². The van der Waals surface area contributed by atoms with Crippen LogP contribution in [0, 0.1) is 0 Å². The lowest BCUT2D eigenvalue weighted by Crippen LogP contribution is -2.58. The van der Waals surface area contributed by atoms with Crippen LogP contribution in [0.4, 0.5) is 13.2 Å². The van der Waals surface area contributed by atoms with E-state index in [1.807, 2.05) is 0 Å². The van der Waals surface area contributed by atoms with Crippen LogP contribution in [0.3, 0.4) is 0 Å². The van der Waals surface area contributed by atoms with Gasteiger partial charge >= 0.3 is 6.36 Å². The second kappa shape index (κ2) is 6.21. The summed E-state index contributed by atoms with van der Waals surface area (Å²) in [6.45, 7) is -0.637. The Morgan fingerprint density at radius 1 is 1.19 bits per heavy atom. The normalized spacial score (nSPS) is 23.1. The SMILES string of the molecule is O=C1CCN(CCOC(F)(F)F)C(=O)C2(CCCCC2)N1. The fourth-order valence-electron chi connectivity index (χ4n) is 3.00. The summed E-state index contributed by atoms with van der Waals surface area (Å²) in [5.74, 6) is -0.497. The average Bonchev–Trinajstić information content (AvgIpc) is 2.50. The molecule has 1 saturated heterocycles. The van der Waals surface area contributed by atoms with E-state index in [1.165, 1.54) is 4.90 Å². The standard InChI is InChI=1S/C13H19F3N2O3/c14-13(15,16)21-9-8-18-7-4-10(19)17-12(11(18)20)5-2-1-3-6-12/h1-9H2,(H,17,19). The van der Waals surface area contributed by atoms with Crippen LogP contribution in [0.25, 0.3) is 0 Å². The molecule has 0 aromatic carbocycles. The molecule has 0 radical (unpaired) electrons. The highest BCUT2D eigenvalue weighted by Crippen LogP contribution is 2.31. The molecule has 5 nitrogen and oxygen atoms in total. The van der Waals surface area contributed by atoms with E-state index in [4.69, 9.17) is 0 Å². The summed E-state index contributed by atoms with van der Waals surface area (Å²) in [5, 5.41) is 2.79. The molecule has 2 aliphatic rings. The highest BCUT2D eigenvalue weighted by molar-refractivity contribution is 5.93. The van der Waals surface area contributed by atoms with E-state index in [0.717, 1.165) is 19.3 Å². The Kier molecular flexibility index (Phi) is 4.75. The largest absolute Gasteiger partial charge is 0.522 e. The molecule has 8 heteroatoms. The van der Waals surface area contributed by atoms with Crippen LogP contribution in [0.1, 0.15) is 38.5 Å². The van der Waals surface area contributed by atoms with Gasteiger partial charge in [-0.05, 0) is 12.8 Å². The van der Waals surface area contributed by atoms with Crippen molar-refractivity contribution in [3.05, 3.63) is 0 Å². The molecule has 0 bridgehead atoms. The van der Waals surface area contributed by atoms with Crippen LogP contribution >= 0.6 is 0 Å². The number of ether oxygens (including phenoxy) is 1. The smallest absolute Gasteiger partial charge is 0.342 e. The van der Waals surface area contributed by atoms with Gasteiger partial charge in [0, 0.05) is 19.5 Å². The summed E-state index contributed by atoms with van der Waals surface area (Å²) in [4.78, 5) is 25.7. The lowest BCUT2D eigenvalue weighted by molar-refractivity contribution is -0.324. The first-order valence-electron chi connectivity index (χ1n) is 7.13. The lowest BCUT2D eigenvalue weighted by atomic mass is 9.80. The van der Waals surface area contributed by atoms with Crippen LogP contribution in [-0.4, -0.2) is 48.3 Å². The zero-order chi connectivity index (χ0) is 15.5. The molecule has 1 heterocycles. The van der Waals surface area contributed by atoms with Crippen molar-refractivity contribution in [2.24, 2.45) is 0 Å². The minimum absolute atomic E-state index is 0.111. The highest BCUT2D eigenvalue weighted by atomic mass is 19.4. The Morgan fingerprint density at radius 3 is 2.48 bits per heavy atom. The number of amides is 2.